The highest BCUT2D eigenvalue weighted by atomic mass is 32.1. The predicted octanol–water partition coefficient (Wildman–Crippen LogP) is 2.92. The highest BCUT2D eigenvalue weighted by Crippen LogP contribution is 2.28. The summed E-state index contributed by atoms with van der Waals surface area (Å²) >= 11 is 1.37. The van der Waals surface area contributed by atoms with Crippen molar-refractivity contribution >= 4 is 27.9 Å². The molecule has 1 N–H and O–H groups in total. The third-order valence-electron chi connectivity index (χ3n) is 2.71. The van der Waals surface area contributed by atoms with Crippen LogP contribution in [0.15, 0.2) is 41.9 Å². The molecule has 96 valence electrons. The fourth-order valence-electron chi connectivity index (χ4n) is 1.85. The first-order valence-corrected chi connectivity index (χ1v) is 6.51. The van der Waals surface area contributed by atoms with E-state index in [1.807, 2.05) is 30.3 Å². The van der Waals surface area contributed by atoms with Gasteiger partial charge in [0.15, 0.2) is 0 Å². The van der Waals surface area contributed by atoms with Crippen molar-refractivity contribution in [2.24, 2.45) is 0 Å². The quantitative estimate of drug-likeness (QED) is 0.586. The minimum atomic E-state index is -0.417. The number of imidazole rings is 1. The summed E-state index contributed by atoms with van der Waals surface area (Å²) in [6.07, 6.45) is 1.65. The molecular weight excluding hydrogens is 264 g/mol. The van der Waals surface area contributed by atoms with Crippen molar-refractivity contribution in [2.45, 2.75) is 6.54 Å². The first-order valence-electron chi connectivity index (χ1n) is 5.63. The topological polar surface area (TPSA) is 72.5 Å². The van der Waals surface area contributed by atoms with Gasteiger partial charge in [0.1, 0.15) is 6.20 Å². The molecule has 0 saturated heterocycles. The van der Waals surface area contributed by atoms with Crippen molar-refractivity contribution in [2.75, 3.05) is 5.32 Å². The van der Waals surface area contributed by atoms with Gasteiger partial charge in [-0.25, -0.2) is 0 Å². The predicted molar refractivity (Wildman–Crippen MR) is 73.5 cm³/mol. The number of benzene rings is 1. The van der Waals surface area contributed by atoms with Crippen molar-refractivity contribution in [3.63, 3.8) is 0 Å². The van der Waals surface area contributed by atoms with E-state index in [0.29, 0.717) is 17.3 Å². The van der Waals surface area contributed by atoms with Gasteiger partial charge in [-0.2, -0.15) is 9.38 Å². The Kier molecular flexibility index (Phi) is 2.88. The third kappa shape index (κ3) is 2.15. The van der Waals surface area contributed by atoms with Crippen LogP contribution in [0.1, 0.15) is 5.56 Å². The van der Waals surface area contributed by atoms with Gasteiger partial charge in [-0.1, -0.05) is 41.7 Å². The minimum Gasteiger partial charge on any atom is -0.359 e. The SMILES string of the molecule is O=[N+]([O-])c1c(NCc2ccccc2)nc2sccn12. The van der Waals surface area contributed by atoms with Crippen LogP contribution in [0.4, 0.5) is 11.6 Å². The van der Waals surface area contributed by atoms with Gasteiger partial charge >= 0.3 is 5.82 Å². The molecule has 7 heteroatoms. The smallest absolute Gasteiger partial charge is 0.359 e. The standard InChI is InChI=1S/C12H10N4O2S/c17-16(18)11-10(14-12-15(11)6-7-19-12)13-8-9-4-2-1-3-5-9/h1-7,13H,8H2. The number of hydrogen-bond acceptors (Lipinski definition) is 5. The second-order valence-corrected chi connectivity index (χ2v) is 4.81. The third-order valence-corrected chi connectivity index (χ3v) is 3.47. The zero-order chi connectivity index (χ0) is 13.2. The van der Waals surface area contributed by atoms with E-state index < -0.39 is 4.92 Å². The lowest BCUT2D eigenvalue weighted by atomic mass is 10.2. The molecule has 6 nitrogen and oxygen atoms in total. The Morgan fingerprint density at radius 1 is 1.37 bits per heavy atom. The Bertz CT molecular complexity index is 720. The van der Waals surface area contributed by atoms with Crippen molar-refractivity contribution in [3.05, 3.63) is 57.6 Å². The highest BCUT2D eigenvalue weighted by molar-refractivity contribution is 7.15. The maximum atomic E-state index is 11.1. The summed E-state index contributed by atoms with van der Waals surface area (Å²) in [5.41, 5.74) is 1.05. The van der Waals surface area contributed by atoms with Crippen LogP contribution in [0, 0.1) is 10.1 Å². The molecule has 0 aliphatic carbocycles. The molecule has 0 fully saturated rings. The van der Waals surface area contributed by atoms with Gasteiger partial charge in [-0.3, -0.25) is 0 Å². The minimum absolute atomic E-state index is 0.0211. The maximum absolute atomic E-state index is 11.1. The molecule has 0 radical (unpaired) electrons. The van der Waals surface area contributed by atoms with Gasteiger partial charge < -0.3 is 15.4 Å². The highest BCUT2D eigenvalue weighted by Gasteiger charge is 2.23. The molecule has 3 aromatic rings. The molecule has 0 unspecified atom stereocenters. The first kappa shape index (κ1) is 11.7. The van der Waals surface area contributed by atoms with E-state index in [4.69, 9.17) is 0 Å². The summed E-state index contributed by atoms with van der Waals surface area (Å²) in [5.74, 6) is 0.285. The van der Waals surface area contributed by atoms with Gasteiger partial charge in [0.2, 0.25) is 5.82 Å². The van der Waals surface area contributed by atoms with Crippen LogP contribution >= 0.6 is 11.3 Å². The average Bonchev–Trinajstić information content (AvgIpc) is 2.96. The molecular formula is C12H10N4O2S. The molecule has 2 aromatic heterocycles. The van der Waals surface area contributed by atoms with Gasteiger partial charge in [0.25, 0.3) is 4.96 Å². The van der Waals surface area contributed by atoms with Crippen LogP contribution in [-0.4, -0.2) is 14.3 Å². The van der Waals surface area contributed by atoms with Crippen LogP contribution < -0.4 is 5.32 Å². The molecule has 19 heavy (non-hydrogen) atoms. The molecule has 2 heterocycles. The van der Waals surface area contributed by atoms with Gasteiger partial charge in [0, 0.05) is 11.9 Å². The van der Waals surface area contributed by atoms with Crippen LogP contribution in [0.25, 0.3) is 4.96 Å². The zero-order valence-corrected chi connectivity index (χ0v) is 10.6. The number of thiazole rings is 1. The van der Waals surface area contributed by atoms with Gasteiger partial charge in [-0.15, -0.1) is 0 Å². The number of rotatable bonds is 4. The molecule has 0 saturated carbocycles. The summed E-state index contributed by atoms with van der Waals surface area (Å²) in [7, 11) is 0. The number of nitrogens with zero attached hydrogens (tertiary/aromatic N) is 3. The van der Waals surface area contributed by atoms with Crippen LogP contribution in [0.5, 0.6) is 0 Å². The number of fused-ring (bicyclic) bond motifs is 1. The molecule has 3 rings (SSSR count). The van der Waals surface area contributed by atoms with Gasteiger partial charge in [-0.05, 0) is 10.5 Å². The van der Waals surface area contributed by atoms with E-state index in [1.54, 1.807) is 11.6 Å². The Labute approximate surface area is 112 Å². The van der Waals surface area contributed by atoms with E-state index in [-0.39, 0.29) is 5.82 Å². The second-order valence-electron chi connectivity index (χ2n) is 3.94. The molecule has 0 bridgehead atoms. The summed E-state index contributed by atoms with van der Waals surface area (Å²) in [6, 6.07) is 9.70. The Balaban J connectivity index is 1.90. The largest absolute Gasteiger partial charge is 0.372 e. The monoisotopic (exact) mass is 274 g/mol. The average molecular weight is 274 g/mol. The van der Waals surface area contributed by atoms with E-state index in [0.717, 1.165) is 5.56 Å². The summed E-state index contributed by atoms with van der Waals surface area (Å²) < 4.78 is 1.48. The van der Waals surface area contributed by atoms with E-state index in [9.17, 15) is 10.1 Å². The van der Waals surface area contributed by atoms with Crippen molar-refractivity contribution in [1.82, 2.24) is 9.38 Å². The Morgan fingerprint density at radius 3 is 2.89 bits per heavy atom. The Morgan fingerprint density at radius 2 is 2.16 bits per heavy atom. The first-order chi connectivity index (χ1) is 9.25. The number of nitrogens with one attached hydrogen (secondary N) is 1. The summed E-state index contributed by atoms with van der Waals surface area (Å²) in [4.78, 5) is 15.5. The molecule has 0 amide bonds. The summed E-state index contributed by atoms with van der Waals surface area (Å²) in [5, 5.41) is 15.9. The number of anilines is 1. The van der Waals surface area contributed by atoms with Gasteiger partial charge in [0.05, 0.1) is 0 Å². The zero-order valence-electron chi connectivity index (χ0n) is 9.81. The lowest BCUT2D eigenvalue weighted by molar-refractivity contribution is -0.389. The van der Waals surface area contributed by atoms with Crippen LogP contribution in [0.2, 0.25) is 0 Å². The molecule has 0 atom stereocenters. The van der Waals surface area contributed by atoms with E-state index in [2.05, 4.69) is 10.3 Å². The normalized spacial score (nSPS) is 10.7. The molecule has 0 aliphatic rings. The fourth-order valence-corrected chi connectivity index (χ4v) is 2.56. The number of hydrogen-bond donors (Lipinski definition) is 1. The van der Waals surface area contributed by atoms with E-state index in [1.165, 1.54) is 15.7 Å². The Hall–Kier alpha value is -2.41. The number of aromatic nitrogens is 2. The van der Waals surface area contributed by atoms with Crippen LogP contribution in [0.3, 0.4) is 0 Å². The van der Waals surface area contributed by atoms with E-state index >= 15 is 0 Å². The molecule has 0 spiro atoms. The fraction of sp³-hybridized carbons (Fsp3) is 0.0833. The van der Waals surface area contributed by atoms with Crippen molar-refractivity contribution in [3.8, 4) is 0 Å². The van der Waals surface area contributed by atoms with Crippen molar-refractivity contribution in [1.29, 1.82) is 0 Å². The molecule has 1 aromatic carbocycles. The summed E-state index contributed by atoms with van der Waals surface area (Å²) in [6.45, 7) is 0.506. The molecule has 0 aliphatic heterocycles. The number of nitro groups is 1. The maximum Gasteiger partial charge on any atom is 0.372 e. The van der Waals surface area contributed by atoms with Crippen molar-refractivity contribution < 1.29 is 4.92 Å². The lowest BCUT2D eigenvalue weighted by Crippen LogP contribution is -2.03. The van der Waals surface area contributed by atoms with Crippen LogP contribution in [-0.2, 0) is 6.54 Å². The lowest BCUT2D eigenvalue weighted by Gasteiger charge is -2.03. The second kappa shape index (κ2) is 4.69.